The second-order valence-corrected chi connectivity index (χ2v) is 5.39. The zero-order valence-electron chi connectivity index (χ0n) is 12.7. The lowest BCUT2D eigenvalue weighted by Gasteiger charge is -2.12. The summed E-state index contributed by atoms with van der Waals surface area (Å²) in [5.41, 5.74) is 2.04. The molecule has 0 spiro atoms. The van der Waals surface area contributed by atoms with E-state index in [0.29, 0.717) is 25.7 Å². The van der Waals surface area contributed by atoms with Crippen LogP contribution in [0.15, 0.2) is 40.0 Å². The second-order valence-electron chi connectivity index (χ2n) is 4.61. The van der Waals surface area contributed by atoms with Gasteiger partial charge >= 0.3 is 0 Å². The fourth-order valence-corrected chi connectivity index (χ4v) is 2.58. The van der Waals surface area contributed by atoms with Crippen LogP contribution in [0.25, 0.3) is 0 Å². The highest BCUT2D eigenvalue weighted by Gasteiger charge is 2.05. The molecule has 0 saturated carbocycles. The molecule has 0 fully saturated rings. The minimum Gasteiger partial charge on any atom is -0.491 e. The number of nitrogens with one attached hydrogen (secondary N) is 2. The zero-order valence-corrected chi connectivity index (χ0v) is 13.5. The number of hydrogen-bond donors (Lipinski definition) is 2. The third kappa shape index (κ3) is 4.73. The topological polar surface area (TPSA) is 45.6 Å². The number of ether oxygens (including phenoxy) is 1. The van der Waals surface area contributed by atoms with Crippen LogP contribution in [0, 0.1) is 5.82 Å². The highest BCUT2D eigenvalue weighted by atomic mass is 32.1. The van der Waals surface area contributed by atoms with Crippen molar-refractivity contribution in [1.29, 1.82) is 0 Å². The van der Waals surface area contributed by atoms with Crippen molar-refractivity contribution >= 4 is 17.3 Å². The summed E-state index contributed by atoms with van der Waals surface area (Å²) >= 11 is 1.66. The Hall–Kier alpha value is -2.08. The van der Waals surface area contributed by atoms with Crippen molar-refractivity contribution in [3.63, 3.8) is 0 Å². The van der Waals surface area contributed by atoms with Crippen LogP contribution in [0.1, 0.15) is 18.1 Å². The largest absolute Gasteiger partial charge is 0.491 e. The van der Waals surface area contributed by atoms with Crippen LogP contribution in [0.2, 0.25) is 0 Å². The number of benzene rings is 1. The molecule has 1 aromatic carbocycles. The van der Waals surface area contributed by atoms with E-state index in [4.69, 9.17) is 4.74 Å². The van der Waals surface area contributed by atoms with Crippen molar-refractivity contribution in [1.82, 2.24) is 10.6 Å². The van der Waals surface area contributed by atoms with Gasteiger partial charge in [0.05, 0.1) is 6.61 Å². The van der Waals surface area contributed by atoms with Gasteiger partial charge in [0, 0.05) is 20.1 Å². The Balaban J connectivity index is 1.86. The monoisotopic (exact) mass is 321 g/mol. The number of rotatable bonds is 6. The SMILES string of the molecule is CCOc1ccc(CNC(=NC)NCc2ccsc2)cc1F. The number of thiophene rings is 1. The maximum Gasteiger partial charge on any atom is 0.191 e. The summed E-state index contributed by atoms with van der Waals surface area (Å²) in [4.78, 5) is 4.15. The molecule has 0 atom stereocenters. The highest BCUT2D eigenvalue weighted by molar-refractivity contribution is 7.07. The van der Waals surface area contributed by atoms with Crippen molar-refractivity contribution in [3.05, 3.63) is 52.0 Å². The van der Waals surface area contributed by atoms with E-state index >= 15 is 0 Å². The number of nitrogens with zero attached hydrogens (tertiary/aromatic N) is 1. The first kappa shape index (κ1) is 16.3. The lowest BCUT2D eigenvalue weighted by molar-refractivity contribution is 0.321. The summed E-state index contributed by atoms with van der Waals surface area (Å²) in [7, 11) is 1.71. The summed E-state index contributed by atoms with van der Waals surface area (Å²) in [6, 6.07) is 7.03. The van der Waals surface area contributed by atoms with Crippen LogP contribution >= 0.6 is 11.3 Å². The van der Waals surface area contributed by atoms with Crippen LogP contribution in [0.4, 0.5) is 4.39 Å². The van der Waals surface area contributed by atoms with E-state index in [0.717, 1.165) is 5.56 Å². The zero-order chi connectivity index (χ0) is 15.8. The van der Waals surface area contributed by atoms with Crippen molar-refractivity contribution in [3.8, 4) is 5.75 Å². The van der Waals surface area contributed by atoms with E-state index in [1.54, 1.807) is 24.5 Å². The van der Waals surface area contributed by atoms with Crippen LogP contribution in [0.3, 0.4) is 0 Å². The van der Waals surface area contributed by atoms with E-state index in [2.05, 4.69) is 27.1 Å². The van der Waals surface area contributed by atoms with Crippen molar-refractivity contribution in [2.75, 3.05) is 13.7 Å². The molecule has 2 rings (SSSR count). The number of halogens is 1. The first-order valence-electron chi connectivity index (χ1n) is 7.09. The van der Waals surface area contributed by atoms with Crippen LogP contribution in [-0.4, -0.2) is 19.6 Å². The highest BCUT2D eigenvalue weighted by Crippen LogP contribution is 2.18. The number of aliphatic imine (C=N–C) groups is 1. The summed E-state index contributed by atoms with van der Waals surface area (Å²) in [5.74, 6) is 0.620. The van der Waals surface area contributed by atoms with Gasteiger partial charge in [-0.3, -0.25) is 4.99 Å². The molecule has 1 heterocycles. The summed E-state index contributed by atoms with van der Waals surface area (Å²) in [6.07, 6.45) is 0. The molecule has 0 aliphatic heterocycles. The fraction of sp³-hybridized carbons (Fsp3) is 0.312. The van der Waals surface area contributed by atoms with Gasteiger partial charge in [0.2, 0.25) is 0 Å². The van der Waals surface area contributed by atoms with E-state index in [1.165, 1.54) is 11.6 Å². The Morgan fingerprint density at radius 2 is 2.00 bits per heavy atom. The van der Waals surface area contributed by atoms with Crippen molar-refractivity contribution < 1.29 is 9.13 Å². The maximum atomic E-state index is 13.8. The standard InChI is InChI=1S/C16H20FN3OS/c1-3-21-15-5-4-12(8-14(15)17)9-19-16(18-2)20-10-13-6-7-22-11-13/h4-8,11H,3,9-10H2,1-2H3,(H2,18,19,20). The third-order valence-electron chi connectivity index (χ3n) is 3.02. The molecule has 0 aliphatic rings. The molecule has 0 aliphatic carbocycles. The maximum absolute atomic E-state index is 13.8. The van der Waals surface area contributed by atoms with Gasteiger partial charge in [-0.2, -0.15) is 11.3 Å². The van der Waals surface area contributed by atoms with Gasteiger partial charge in [0.1, 0.15) is 0 Å². The Morgan fingerprint density at radius 1 is 1.23 bits per heavy atom. The quantitative estimate of drug-likeness (QED) is 0.634. The molecular formula is C16H20FN3OS. The molecule has 2 N–H and O–H groups in total. The molecule has 0 radical (unpaired) electrons. The van der Waals surface area contributed by atoms with E-state index < -0.39 is 0 Å². The first-order chi connectivity index (χ1) is 10.7. The van der Waals surface area contributed by atoms with Crippen LogP contribution in [-0.2, 0) is 13.1 Å². The van der Waals surface area contributed by atoms with Crippen molar-refractivity contribution in [2.45, 2.75) is 20.0 Å². The molecule has 1 aromatic heterocycles. The lowest BCUT2D eigenvalue weighted by Crippen LogP contribution is -2.36. The molecular weight excluding hydrogens is 301 g/mol. The van der Waals surface area contributed by atoms with E-state index in [1.807, 2.05) is 18.4 Å². The molecule has 0 saturated heterocycles. The molecule has 4 nitrogen and oxygen atoms in total. The fourth-order valence-electron chi connectivity index (χ4n) is 1.91. The van der Waals surface area contributed by atoms with E-state index in [9.17, 15) is 4.39 Å². The smallest absolute Gasteiger partial charge is 0.191 e. The molecule has 0 unspecified atom stereocenters. The van der Waals surface area contributed by atoms with Gasteiger partial charge in [0.25, 0.3) is 0 Å². The van der Waals surface area contributed by atoms with Gasteiger partial charge in [-0.1, -0.05) is 6.07 Å². The predicted molar refractivity (Wildman–Crippen MR) is 88.9 cm³/mol. The number of guanidine groups is 1. The molecule has 0 amide bonds. The van der Waals surface area contributed by atoms with Crippen molar-refractivity contribution in [2.24, 2.45) is 4.99 Å². The first-order valence-corrected chi connectivity index (χ1v) is 8.04. The second kappa shape index (κ2) is 8.38. The van der Waals surface area contributed by atoms with Gasteiger partial charge in [-0.05, 0) is 47.0 Å². The van der Waals surface area contributed by atoms with E-state index in [-0.39, 0.29) is 11.6 Å². The Bertz CT molecular complexity index is 614. The Labute approximate surface area is 134 Å². The third-order valence-corrected chi connectivity index (χ3v) is 3.75. The van der Waals surface area contributed by atoms with Gasteiger partial charge in [-0.15, -0.1) is 0 Å². The van der Waals surface area contributed by atoms with Gasteiger partial charge in [-0.25, -0.2) is 4.39 Å². The molecule has 6 heteroatoms. The minimum absolute atomic E-state index is 0.284. The Kier molecular flexibility index (Phi) is 6.21. The normalized spacial score (nSPS) is 11.3. The lowest BCUT2D eigenvalue weighted by atomic mass is 10.2. The average Bonchev–Trinajstić information content (AvgIpc) is 3.03. The van der Waals surface area contributed by atoms with Crippen LogP contribution < -0.4 is 15.4 Å². The summed E-state index contributed by atoms with van der Waals surface area (Å²) in [5, 5.41) is 10.5. The molecule has 118 valence electrons. The predicted octanol–water partition coefficient (Wildman–Crippen LogP) is 3.15. The number of hydrogen-bond acceptors (Lipinski definition) is 3. The summed E-state index contributed by atoms with van der Waals surface area (Å²) < 4.78 is 19.0. The minimum atomic E-state index is -0.345. The Morgan fingerprint density at radius 3 is 2.59 bits per heavy atom. The van der Waals surface area contributed by atoms with Crippen LogP contribution in [0.5, 0.6) is 5.75 Å². The molecule has 22 heavy (non-hydrogen) atoms. The average molecular weight is 321 g/mol. The van der Waals surface area contributed by atoms with Gasteiger partial charge < -0.3 is 15.4 Å². The van der Waals surface area contributed by atoms with Gasteiger partial charge in [0.15, 0.2) is 17.5 Å². The molecule has 2 aromatic rings. The molecule has 0 bridgehead atoms. The summed E-state index contributed by atoms with van der Waals surface area (Å²) in [6.45, 7) is 3.49.